The molecule has 21 heavy (non-hydrogen) atoms. The highest BCUT2D eigenvalue weighted by Crippen LogP contribution is 2.26. The first kappa shape index (κ1) is 12.8. The first-order valence-corrected chi connectivity index (χ1v) is 5.48. The molecule has 0 saturated carbocycles. The lowest BCUT2D eigenvalue weighted by atomic mass is 10.1. The molecule has 0 bridgehead atoms. The number of aromatic carboxylic acids is 1. The summed E-state index contributed by atoms with van der Waals surface area (Å²) < 4.78 is 31.3. The van der Waals surface area contributed by atoms with Crippen molar-refractivity contribution in [2.45, 2.75) is 0 Å². The van der Waals surface area contributed by atoms with Crippen LogP contribution in [-0.2, 0) is 0 Å². The summed E-state index contributed by atoms with van der Waals surface area (Å²) in [7, 11) is 0. The average Bonchev–Trinajstić information content (AvgIpc) is 3.10. The van der Waals surface area contributed by atoms with Gasteiger partial charge in [-0.25, -0.2) is 18.6 Å². The van der Waals surface area contributed by atoms with Crippen molar-refractivity contribution in [3.05, 3.63) is 35.7 Å². The molecule has 2 N–H and O–H groups in total. The molecule has 0 radical (unpaired) electrons. The lowest BCUT2D eigenvalue weighted by molar-refractivity contribution is 0.0696. The normalized spacial score (nSPS) is 10.8. The molecule has 1 aromatic carbocycles. The molecule has 0 fully saturated rings. The van der Waals surface area contributed by atoms with E-state index in [4.69, 9.17) is 9.63 Å². The molecular weight excluding hydrogens is 288 g/mol. The molecule has 0 saturated heterocycles. The van der Waals surface area contributed by atoms with Crippen molar-refractivity contribution in [2.24, 2.45) is 0 Å². The number of carboxylic acid groups (broad SMARTS) is 1. The van der Waals surface area contributed by atoms with Gasteiger partial charge in [0.1, 0.15) is 6.33 Å². The number of H-pyrrole nitrogens is 1. The molecule has 2 heterocycles. The third-order valence-corrected chi connectivity index (χ3v) is 2.57. The number of carboxylic acids is 1. The molecule has 0 atom stereocenters. The lowest BCUT2D eigenvalue weighted by Gasteiger charge is -2.02. The van der Waals surface area contributed by atoms with E-state index >= 15 is 0 Å². The number of hydrogen-bond acceptors (Lipinski definition) is 6. The van der Waals surface area contributed by atoms with Crippen molar-refractivity contribution in [1.29, 1.82) is 0 Å². The van der Waals surface area contributed by atoms with Gasteiger partial charge in [-0.1, -0.05) is 5.16 Å². The highest BCUT2D eigenvalue weighted by molar-refractivity contribution is 5.94. The van der Waals surface area contributed by atoms with E-state index < -0.39 is 23.2 Å². The second-order valence-corrected chi connectivity index (χ2v) is 3.87. The molecule has 3 aromatic rings. The van der Waals surface area contributed by atoms with Gasteiger partial charge in [-0.3, -0.25) is 5.10 Å². The van der Waals surface area contributed by atoms with Crippen molar-refractivity contribution in [1.82, 2.24) is 25.3 Å². The van der Waals surface area contributed by atoms with Crippen LogP contribution < -0.4 is 0 Å². The van der Waals surface area contributed by atoms with Gasteiger partial charge in [0, 0.05) is 0 Å². The van der Waals surface area contributed by atoms with Gasteiger partial charge in [-0.15, -0.1) is 0 Å². The summed E-state index contributed by atoms with van der Waals surface area (Å²) in [5, 5.41) is 18.7. The third-order valence-electron chi connectivity index (χ3n) is 2.57. The summed E-state index contributed by atoms with van der Waals surface area (Å²) in [5.41, 5.74) is -0.735. The van der Waals surface area contributed by atoms with E-state index in [0.29, 0.717) is 12.1 Å². The number of rotatable bonds is 3. The van der Waals surface area contributed by atoms with Crippen LogP contribution in [0.2, 0.25) is 0 Å². The van der Waals surface area contributed by atoms with Crippen molar-refractivity contribution in [3.8, 4) is 23.1 Å². The summed E-state index contributed by atoms with van der Waals surface area (Å²) in [4.78, 5) is 18.7. The Balaban J connectivity index is 2.12. The minimum absolute atomic E-state index is 0.00331. The molecule has 0 aliphatic heterocycles. The largest absolute Gasteiger partial charge is 0.478 e. The predicted octanol–water partition coefficient (Wildman–Crippen LogP) is 1.50. The van der Waals surface area contributed by atoms with Gasteiger partial charge in [-0.2, -0.15) is 10.1 Å². The van der Waals surface area contributed by atoms with Crippen molar-refractivity contribution >= 4 is 5.97 Å². The molecule has 106 valence electrons. The van der Waals surface area contributed by atoms with Crippen molar-refractivity contribution in [2.75, 3.05) is 0 Å². The van der Waals surface area contributed by atoms with E-state index in [-0.39, 0.29) is 23.1 Å². The fourth-order valence-corrected chi connectivity index (χ4v) is 1.64. The number of halogens is 2. The predicted molar refractivity (Wildman–Crippen MR) is 62.0 cm³/mol. The second-order valence-electron chi connectivity index (χ2n) is 3.87. The Kier molecular flexibility index (Phi) is 2.90. The Morgan fingerprint density at radius 2 is 2.05 bits per heavy atom. The van der Waals surface area contributed by atoms with E-state index in [1.807, 2.05) is 0 Å². The van der Waals surface area contributed by atoms with E-state index in [1.54, 1.807) is 0 Å². The summed E-state index contributed by atoms with van der Waals surface area (Å²) in [6.45, 7) is 0. The zero-order valence-corrected chi connectivity index (χ0v) is 10.0. The number of hydrogen-bond donors (Lipinski definition) is 2. The third kappa shape index (κ3) is 2.22. The molecule has 3 rings (SSSR count). The van der Waals surface area contributed by atoms with Gasteiger partial charge < -0.3 is 9.63 Å². The fraction of sp³-hybridized carbons (Fsp3) is 0. The molecular formula is C11H5F2N5O3. The Labute approximate surface area is 114 Å². The van der Waals surface area contributed by atoms with E-state index in [2.05, 4.69) is 25.3 Å². The number of aromatic amines is 1. The summed E-state index contributed by atoms with van der Waals surface area (Å²) in [5.74, 6) is -4.06. The van der Waals surface area contributed by atoms with Gasteiger partial charge in [0.15, 0.2) is 17.5 Å². The van der Waals surface area contributed by atoms with E-state index in [0.717, 1.165) is 0 Å². The lowest BCUT2D eigenvalue weighted by Crippen LogP contribution is -2.02. The molecule has 0 aliphatic rings. The van der Waals surface area contributed by atoms with Crippen molar-refractivity contribution in [3.63, 3.8) is 0 Å². The highest BCUT2D eigenvalue weighted by Gasteiger charge is 2.21. The van der Waals surface area contributed by atoms with E-state index in [9.17, 15) is 13.6 Å². The summed E-state index contributed by atoms with van der Waals surface area (Å²) >= 11 is 0. The summed E-state index contributed by atoms with van der Waals surface area (Å²) in [6.07, 6.45) is 1.21. The molecule has 0 spiro atoms. The van der Waals surface area contributed by atoms with Gasteiger partial charge >= 0.3 is 5.97 Å². The average molecular weight is 293 g/mol. The fourth-order valence-electron chi connectivity index (χ4n) is 1.64. The molecule has 2 aromatic heterocycles. The Morgan fingerprint density at radius 1 is 1.29 bits per heavy atom. The Bertz CT molecular complexity index is 815. The van der Waals surface area contributed by atoms with Crippen LogP contribution in [0.5, 0.6) is 0 Å². The SMILES string of the molecule is O=C(O)c1cc(F)c(F)cc1-c1nc(-c2ncn[nH]2)no1. The molecule has 0 aliphatic carbocycles. The number of nitrogens with zero attached hydrogens (tertiary/aromatic N) is 4. The Morgan fingerprint density at radius 3 is 2.71 bits per heavy atom. The van der Waals surface area contributed by atoms with Crippen LogP contribution in [0.25, 0.3) is 23.1 Å². The van der Waals surface area contributed by atoms with Crippen LogP contribution in [0.3, 0.4) is 0 Å². The molecule has 10 heteroatoms. The number of benzene rings is 1. The minimum atomic E-state index is -1.46. The molecule has 0 unspecified atom stereocenters. The number of carbonyl (C=O) groups is 1. The van der Waals surface area contributed by atoms with E-state index in [1.165, 1.54) is 6.33 Å². The monoisotopic (exact) mass is 293 g/mol. The maximum Gasteiger partial charge on any atom is 0.336 e. The highest BCUT2D eigenvalue weighted by atomic mass is 19.2. The maximum absolute atomic E-state index is 13.3. The molecule has 0 amide bonds. The van der Waals surface area contributed by atoms with Gasteiger partial charge in [0.05, 0.1) is 11.1 Å². The number of aromatic nitrogens is 5. The van der Waals surface area contributed by atoms with Gasteiger partial charge in [-0.05, 0) is 12.1 Å². The minimum Gasteiger partial charge on any atom is -0.478 e. The van der Waals surface area contributed by atoms with Crippen LogP contribution in [0, 0.1) is 11.6 Å². The van der Waals surface area contributed by atoms with Crippen LogP contribution >= 0.6 is 0 Å². The van der Waals surface area contributed by atoms with Crippen LogP contribution in [0.1, 0.15) is 10.4 Å². The van der Waals surface area contributed by atoms with Gasteiger partial charge in [0.2, 0.25) is 5.82 Å². The quantitative estimate of drug-likeness (QED) is 0.751. The smallest absolute Gasteiger partial charge is 0.336 e. The van der Waals surface area contributed by atoms with Gasteiger partial charge in [0.25, 0.3) is 5.89 Å². The first-order valence-electron chi connectivity index (χ1n) is 5.48. The second kappa shape index (κ2) is 4.74. The number of nitrogens with one attached hydrogen (secondary N) is 1. The standard InChI is InChI=1S/C11H5F2N5O3/c12-6-1-4(5(11(19)20)2-7(6)13)10-16-9(18-21-10)8-14-3-15-17-8/h1-3H,(H,19,20)(H,14,15,17). The molecule has 8 nitrogen and oxygen atoms in total. The first-order chi connectivity index (χ1) is 10.1. The zero-order valence-electron chi connectivity index (χ0n) is 10.0. The summed E-state index contributed by atoms with van der Waals surface area (Å²) in [6, 6.07) is 1.22. The Hall–Kier alpha value is -3.17. The topological polar surface area (TPSA) is 118 Å². The van der Waals surface area contributed by atoms with Crippen LogP contribution in [0.15, 0.2) is 23.0 Å². The maximum atomic E-state index is 13.3. The van der Waals surface area contributed by atoms with Crippen molar-refractivity contribution < 1.29 is 23.2 Å². The van der Waals surface area contributed by atoms with Crippen LogP contribution in [0.4, 0.5) is 8.78 Å². The van der Waals surface area contributed by atoms with Crippen LogP contribution in [-0.4, -0.2) is 36.4 Å². The zero-order chi connectivity index (χ0) is 15.0.